The van der Waals surface area contributed by atoms with E-state index >= 15 is 0 Å². The van der Waals surface area contributed by atoms with Crippen LogP contribution in [0, 0.1) is 0 Å². The van der Waals surface area contributed by atoms with Crippen molar-refractivity contribution in [2.75, 3.05) is 28.3 Å². The Kier molecular flexibility index (Phi) is 7.75. The Morgan fingerprint density at radius 2 is 1.44 bits per heavy atom. The van der Waals surface area contributed by atoms with Crippen molar-refractivity contribution < 1.29 is 27.5 Å². The molecule has 0 saturated heterocycles. The van der Waals surface area contributed by atoms with Gasteiger partial charge >= 0.3 is 11.9 Å². The third-order valence-corrected chi connectivity index (χ3v) is 8.38. The highest BCUT2D eigenvalue weighted by atomic mass is 32.2. The number of nitrogens with one attached hydrogen (secondary N) is 1. The highest BCUT2D eigenvalue weighted by Gasteiger charge is 2.40. The first-order chi connectivity index (χ1) is 18.5. The van der Waals surface area contributed by atoms with Crippen molar-refractivity contribution in [2.45, 2.75) is 24.7 Å². The second-order valence-corrected chi connectivity index (χ2v) is 11.3. The number of esters is 2. The van der Waals surface area contributed by atoms with E-state index in [1.807, 2.05) is 30.3 Å². The first kappa shape index (κ1) is 27.8. The molecule has 0 aliphatic carbocycles. The fourth-order valence-corrected chi connectivity index (χ4v) is 5.50. The van der Waals surface area contributed by atoms with Gasteiger partial charge in [-0.1, -0.05) is 30.3 Å². The molecule has 1 aromatic heterocycles. The molecule has 2 aromatic carbocycles. The molecule has 2 heterocycles. The molecule has 1 aliphatic rings. The van der Waals surface area contributed by atoms with Crippen molar-refractivity contribution in [3.05, 3.63) is 88.9 Å². The number of rotatable bonds is 7. The van der Waals surface area contributed by atoms with E-state index in [-0.39, 0.29) is 16.0 Å². The molecule has 0 amide bonds. The maximum atomic E-state index is 13.1. The van der Waals surface area contributed by atoms with Crippen molar-refractivity contribution in [3.63, 3.8) is 0 Å². The van der Waals surface area contributed by atoms with E-state index in [1.54, 1.807) is 36.9 Å². The topological polar surface area (TPSA) is 120 Å². The van der Waals surface area contributed by atoms with Crippen LogP contribution in [0.2, 0.25) is 0 Å². The monoisotopic (exact) mass is 550 g/mol. The van der Waals surface area contributed by atoms with Crippen LogP contribution < -0.4 is 5.32 Å². The predicted octanol–water partition coefficient (Wildman–Crippen LogP) is 3.37. The minimum Gasteiger partial charge on any atom is -0.466 e. The smallest absolute Gasteiger partial charge is 0.336 e. The zero-order valence-corrected chi connectivity index (χ0v) is 23.4. The number of methoxy groups -OCH3 is 2. The number of aromatic nitrogens is 2. The Bertz CT molecular complexity index is 1550. The van der Waals surface area contributed by atoms with Gasteiger partial charge in [0.05, 0.1) is 47.6 Å². The zero-order valence-electron chi connectivity index (χ0n) is 22.6. The third kappa shape index (κ3) is 5.10. The second-order valence-electron chi connectivity index (χ2n) is 9.14. The first-order valence-electron chi connectivity index (χ1n) is 12.0. The molecule has 0 radical (unpaired) electrons. The number of ether oxygens (including phenoxy) is 2. The van der Waals surface area contributed by atoms with Crippen LogP contribution in [0.15, 0.2) is 88.2 Å². The molecule has 3 aromatic rings. The van der Waals surface area contributed by atoms with Crippen molar-refractivity contribution in [3.8, 4) is 16.9 Å². The Balaban J connectivity index is 2.00. The standard InChI is InChI=1S/C28H30N4O6S/c1-17-23(27(33)37-5)25(24(18(2)29-17)28(34)38-6)22-16-32(20-10-8-7-9-11-20)30-26(22)19-12-14-21(15-13-19)39(35,36)31(3)4/h7-16,25,29H,1-6H3. The van der Waals surface area contributed by atoms with Crippen LogP contribution in [-0.4, -0.2) is 62.8 Å². The number of hydrogen-bond acceptors (Lipinski definition) is 8. The lowest BCUT2D eigenvalue weighted by Gasteiger charge is -2.29. The fraction of sp³-hybridized carbons (Fsp3) is 0.250. The number of carbonyl (C=O) groups excluding carboxylic acids is 2. The van der Waals surface area contributed by atoms with Gasteiger partial charge in [-0.3, -0.25) is 0 Å². The van der Waals surface area contributed by atoms with Gasteiger partial charge in [0, 0.05) is 42.8 Å². The van der Waals surface area contributed by atoms with Crippen LogP contribution in [0.5, 0.6) is 0 Å². The fourth-order valence-electron chi connectivity index (χ4n) is 4.60. The van der Waals surface area contributed by atoms with Crippen molar-refractivity contribution >= 4 is 22.0 Å². The SMILES string of the molecule is COC(=O)C1=C(C)NC(C)=C(C(=O)OC)C1c1cn(-c2ccccc2)nc1-c1ccc(S(=O)(=O)N(C)C)cc1. The molecule has 0 atom stereocenters. The summed E-state index contributed by atoms with van der Waals surface area (Å²) in [6, 6.07) is 15.7. The Hall–Kier alpha value is -4.22. The summed E-state index contributed by atoms with van der Waals surface area (Å²) >= 11 is 0. The maximum Gasteiger partial charge on any atom is 0.336 e. The summed E-state index contributed by atoms with van der Waals surface area (Å²) < 4.78 is 38.3. The highest BCUT2D eigenvalue weighted by molar-refractivity contribution is 7.89. The van der Waals surface area contributed by atoms with E-state index in [0.717, 1.165) is 9.99 Å². The minimum atomic E-state index is -3.64. The molecule has 11 heteroatoms. The average Bonchev–Trinajstić information content (AvgIpc) is 3.37. The Morgan fingerprint density at radius 3 is 1.92 bits per heavy atom. The van der Waals surface area contributed by atoms with Gasteiger partial charge in [-0.25, -0.2) is 27.0 Å². The van der Waals surface area contributed by atoms with E-state index in [4.69, 9.17) is 14.6 Å². The summed E-state index contributed by atoms with van der Waals surface area (Å²) in [7, 11) is 1.84. The lowest BCUT2D eigenvalue weighted by Crippen LogP contribution is -2.32. The molecule has 1 N–H and O–H groups in total. The summed E-state index contributed by atoms with van der Waals surface area (Å²) in [6.07, 6.45) is 1.76. The molecule has 4 rings (SSSR count). The van der Waals surface area contributed by atoms with Gasteiger partial charge in [0.25, 0.3) is 0 Å². The van der Waals surface area contributed by atoms with E-state index in [0.29, 0.717) is 28.2 Å². The van der Waals surface area contributed by atoms with E-state index < -0.39 is 27.9 Å². The van der Waals surface area contributed by atoms with Crippen molar-refractivity contribution in [1.29, 1.82) is 0 Å². The summed E-state index contributed by atoms with van der Waals surface area (Å²) in [5.74, 6) is -2.08. The number of hydrogen-bond donors (Lipinski definition) is 1. The molecule has 204 valence electrons. The number of benzene rings is 2. The second kappa shape index (κ2) is 10.9. The third-order valence-electron chi connectivity index (χ3n) is 6.55. The quantitative estimate of drug-likeness (QED) is 0.445. The van der Waals surface area contributed by atoms with Crippen LogP contribution >= 0.6 is 0 Å². The highest BCUT2D eigenvalue weighted by Crippen LogP contribution is 2.43. The van der Waals surface area contributed by atoms with Gasteiger partial charge in [-0.2, -0.15) is 5.10 Å². The summed E-state index contributed by atoms with van der Waals surface area (Å²) in [6.45, 7) is 3.47. The average molecular weight is 551 g/mol. The summed E-state index contributed by atoms with van der Waals surface area (Å²) in [4.78, 5) is 26.3. The molecule has 0 spiro atoms. The molecule has 0 unspecified atom stereocenters. The van der Waals surface area contributed by atoms with Crippen LogP contribution in [-0.2, 0) is 29.1 Å². The summed E-state index contributed by atoms with van der Waals surface area (Å²) in [5.41, 5.74) is 3.90. The van der Waals surface area contributed by atoms with E-state index in [1.165, 1.54) is 40.4 Å². The molecular formula is C28H30N4O6S. The van der Waals surface area contributed by atoms with Crippen LogP contribution in [0.3, 0.4) is 0 Å². The molecule has 0 fully saturated rings. The van der Waals surface area contributed by atoms with Crippen molar-refractivity contribution in [2.24, 2.45) is 0 Å². The van der Waals surface area contributed by atoms with Gasteiger partial charge in [0.2, 0.25) is 10.0 Å². The van der Waals surface area contributed by atoms with Gasteiger partial charge in [0.15, 0.2) is 0 Å². The minimum absolute atomic E-state index is 0.124. The number of sulfonamides is 1. The normalized spacial score (nSPS) is 14.4. The Morgan fingerprint density at radius 1 is 0.897 bits per heavy atom. The number of dihydropyridines is 1. The maximum absolute atomic E-state index is 13.1. The van der Waals surface area contributed by atoms with E-state index in [9.17, 15) is 18.0 Å². The van der Waals surface area contributed by atoms with Crippen LogP contribution in [0.4, 0.5) is 0 Å². The van der Waals surface area contributed by atoms with Crippen LogP contribution in [0.25, 0.3) is 16.9 Å². The van der Waals surface area contributed by atoms with Gasteiger partial charge in [-0.05, 0) is 38.1 Å². The molecule has 1 aliphatic heterocycles. The van der Waals surface area contributed by atoms with E-state index in [2.05, 4.69) is 5.32 Å². The molecule has 39 heavy (non-hydrogen) atoms. The Labute approximate surface area is 227 Å². The largest absolute Gasteiger partial charge is 0.466 e. The van der Waals surface area contributed by atoms with Gasteiger partial charge in [-0.15, -0.1) is 0 Å². The molecule has 0 bridgehead atoms. The zero-order chi connectivity index (χ0) is 28.5. The number of allylic oxidation sites excluding steroid dienone is 2. The number of nitrogens with zero attached hydrogens (tertiary/aromatic N) is 3. The lowest BCUT2D eigenvalue weighted by atomic mass is 9.79. The number of para-hydroxylation sites is 1. The molecule has 0 saturated carbocycles. The van der Waals surface area contributed by atoms with Gasteiger partial charge in [0.1, 0.15) is 0 Å². The number of carbonyl (C=O) groups is 2. The van der Waals surface area contributed by atoms with Crippen molar-refractivity contribution in [1.82, 2.24) is 19.4 Å². The lowest BCUT2D eigenvalue weighted by molar-refractivity contribution is -0.137. The van der Waals surface area contributed by atoms with Gasteiger partial charge < -0.3 is 14.8 Å². The molecule has 10 nitrogen and oxygen atoms in total. The van der Waals surface area contributed by atoms with Crippen LogP contribution in [0.1, 0.15) is 25.3 Å². The summed E-state index contributed by atoms with van der Waals surface area (Å²) in [5, 5.41) is 7.93. The first-order valence-corrected chi connectivity index (χ1v) is 13.5. The predicted molar refractivity (Wildman–Crippen MR) is 145 cm³/mol. The molecular weight excluding hydrogens is 520 g/mol.